The van der Waals surface area contributed by atoms with Gasteiger partial charge in [-0.25, -0.2) is 5.43 Å². The van der Waals surface area contributed by atoms with E-state index in [2.05, 4.69) is 35.6 Å². The quantitative estimate of drug-likeness (QED) is 0.442. The molecule has 0 fully saturated rings. The zero-order valence-electron chi connectivity index (χ0n) is 10.00. The Kier molecular flexibility index (Phi) is 3.93. The average molecular weight is 219 g/mol. The van der Waals surface area contributed by atoms with Crippen LogP contribution >= 0.6 is 0 Å². The smallest absolute Gasteiger partial charge is 0.0610 e. The van der Waals surface area contributed by atoms with Crippen LogP contribution in [0.3, 0.4) is 0 Å². The third kappa shape index (κ3) is 2.82. The summed E-state index contributed by atoms with van der Waals surface area (Å²) in [6, 6.07) is 6.96. The highest BCUT2D eigenvalue weighted by atomic mass is 15.3. The van der Waals surface area contributed by atoms with Crippen LogP contribution in [0.1, 0.15) is 23.1 Å². The van der Waals surface area contributed by atoms with Gasteiger partial charge in [0.25, 0.3) is 0 Å². The Balaban J connectivity index is 1.90. The first kappa shape index (κ1) is 11.6. The number of likely N-dealkylation sites (N-methyl/N-ethyl adjacent to an activating group) is 1. The van der Waals surface area contributed by atoms with E-state index in [0.29, 0.717) is 0 Å². The fourth-order valence-electron chi connectivity index (χ4n) is 2.34. The van der Waals surface area contributed by atoms with Crippen molar-refractivity contribution in [2.75, 3.05) is 20.3 Å². The van der Waals surface area contributed by atoms with E-state index in [1.165, 1.54) is 24.8 Å². The lowest BCUT2D eigenvalue weighted by Gasteiger charge is -2.15. The molecule has 3 N–H and O–H groups in total. The second kappa shape index (κ2) is 5.43. The molecule has 1 aromatic rings. The Labute approximate surface area is 97.6 Å². The SMILES string of the molecule is CN(CCc1ccc2c(c1)CCC2)CNN. The lowest BCUT2D eigenvalue weighted by molar-refractivity contribution is 0.313. The van der Waals surface area contributed by atoms with Gasteiger partial charge in [0.1, 0.15) is 0 Å². The van der Waals surface area contributed by atoms with Gasteiger partial charge in [0.05, 0.1) is 6.67 Å². The Hall–Kier alpha value is -0.900. The van der Waals surface area contributed by atoms with Crippen molar-refractivity contribution in [1.82, 2.24) is 10.3 Å². The summed E-state index contributed by atoms with van der Waals surface area (Å²) in [5.41, 5.74) is 7.24. The van der Waals surface area contributed by atoms with Crippen LogP contribution in [0.15, 0.2) is 18.2 Å². The Morgan fingerprint density at radius 3 is 2.94 bits per heavy atom. The molecule has 0 aromatic heterocycles. The Bertz CT molecular complexity index is 349. The number of fused-ring (bicyclic) bond motifs is 1. The first-order chi connectivity index (χ1) is 7.79. The normalized spacial score (nSPS) is 14.4. The van der Waals surface area contributed by atoms with E-state index in [1.807, 2.05) is 0 Å². The summed E-state index contributed by atoms with van der Waals surface area (Å²) in [6.07, 6.45) is 4.97. The molecule has 0 spiro atoms. The summed E-state index contributed by atoms with van der Waals surface area (Å²) in [5.74, 6) is 5.28. The zero-order chi connectivity index (χ0) is 11.4. The maximum Gasteiger partial charge on any atom is 0.0610 e. The van der Waals surface area contributed by atoms with Gasteiger partial charge in [-0.05, 0) is 49.4 Å². The molecule has 0 bridgehead atoms. The predicted molar refractivity (Wildman–Crippen MR) is 67.0 cm³/mol. The first-order valence-electron chi connectivity index (χ1n) is 6.02. The number of hydrogen-bond donors (Lipinski definition) is 2. The fraction of sp³-hybridized carbons (Fsp3) is 0.538. The highest BCUT2D eigenvalue weighted by Gasteiger charge is 2.10. The molecule has 0 amide bonds. The van der Waals surface area contributed by atoms with E-state index >= 15 is 0 Å². The molecule has 3 nitrogen and oxygen atoms in total. The second-order valence-electron chi connectivity index (χ2n) is 4.65. The van der Waals surface area contributed by atoms with Crippen LogP contribution in [0.5, 0.6) is 0 Å². The number of nitrogens with one attached hydrogen (secondary N) is 1. The molecule has 1 aliphatic carbocycles. The number of hydrogen-bond acceptors (Lipinski definition) is 3. The van der Waals surface area contributed by atoms with E-state index in [0.717, 1.165) is 19.6 Å². The number of benzene rings is 1. The van der Waals surface area contributed by atoms with E-state index in [1.54, 1.807) is 11.1 Å². The topological polar surface area (TPSA) is 41.3 Å². The number of nitrogens with zero attached hydrogens (tertiary/aromatic N) is 1. The maximum absolute atomic E-state index is 5.28. The molecule has 0 saturated heterocycles. The molecule has 0 atom stereocenters. The van der Waals surface area contributed by atoms with Crippen LogP contribution in [0.4, 0.5) is 0 Å². The zero-order valence-corrected chi connectivity index (χ0v) is 10.00. The molecule has 0 saturated carbocycles. The van der Waals surface area contributed by atoms with Crippen molar-refractivity contribution in [2.24, 2.45) is 5.84 Å². The van der Waals surface area contributed by atoms with Gasteiger partial charge in [0.15, 0.2) is 0 Å². The summed E-state index contributed by atoms with van der Waals surface area (Å²) in [6.45, 7) is 1.79. The lowest BCUT2D eigenvalue weighted by atomic mass is 10.0. The van der Waals surface area contributed by atoms with Gasteiger partial charge in [-0.1, -0.05) is 18.2 Å². The summed E-state index contributed by atoms with van der Waals surface area (Å²) < 4.78 is 0. The monoisotopic (exact) mass is 219 g/mol. The molecule has 2 rings (SSSR count). The molecule has 1 aliphatic rings. The van der Waals surface area contributed by atoms with Crippen molar-refractivity contribution in [3.63, 3.8) is 0 Å². The van der Waals surface area contributed by atoms with Gasteiger partial charge in [-0.3, -0.25) is 10.7 Å². The molecule has 0 radical (unpaired) electrons. The standard InChI is InChI=1S/C13H21N3/c1-16(10-15-14)8-7-11-5-6-12-3-2-4-13(12)9-11/h5-6,9,15H,2-4,7-8,10,14H2,1H3. The second-order valence-corrected chi connectivity index (χ2v) is 4.65. The van der Waals surface area contributed by atoms with Crippen molar-refractivity contribution in [2.45, 2.75) is 25.7 Å². The van der Waals surface area contributed by atoms with Crippen LogP contribution in [-0.2, 0) is 19.3 Å². The van der Waals surface area contributed by atoms with Gasteiger partial charge in [0, 0.05) is 6.54 Å². The predicted octanol–water partition coefficient (Wildman–Crippen LogP) is 1.07. The molecule has 0 unspecified atom stereocenters. The van der Waals surface area contributed by atoms with E-state index in [-0.39, 0.29) is 0 Å². The summed E-state index contributed by atoms with van der Waals surface area (Å²) in [7, 11) is 2.08. The largest absolute Gasteiger partial charge is 0.292 e. The van der Waals surface area contributed by atoms with Crippen LogP contribution in [0.2, 0.25) is 0 Å². The minimum Gasteiger partial charge on any atom is -0.292 e. The van der Waals surface area contributed by atoms with Crippen molar-refractivity contribution >= 4 is 0 Å². The lowest BCUT2D eigenvalue weighted by Crippen LogP contribution is -2.36. The molecule has 16 heavy (non-hydrogen) atoms. The number of hydrazine groups is 1. The van der Waals surface area contributed by atoms with Gasteiger partial charge in [-0.15, -0.1) is 0 Å². The number of aryl methyl sites for hydroxylation is 2. The Morgan fingerprint density at radius 2 is 2.12 bits per heavy atom. The summed E-state index contributed by atoms with van der Waals surface area (Å²) >= 11 is 0. The van der Waals surface area contributed by atoms with E-state index in [4.69, 9.17) is 5.84 Å². The molecular weight excluding hydrogens is 198 g/mol. The molecule has 1 aromatic carbocycles. The summed E-state index contributed by atoms with van der Waals surface area (Å²) in [5, 5.41) is 0. The Morgan fingerprint density at radius 1 is 1.31 bits per heavy atom. The minimum absolute atomic E-state index is 0.741. The van der Waals surface area contributed by atoms with Crippen molar-refractivity contribution in [3.8, 4) is 0 Å². The first-order valence-corrected chi connectivity index (χ1v) is 6.02. The molecular formula is C13H21N3. The highest BCUT2D eigenvalue weighted by molar-refractivity contribution is 5.35. The van der Waals surface area contributed by atoms with Crippen LogP contribution in [-0.4, -0.2) is 25.2 Å². The third-order valence-electron chi connectivity index (χ3n) is 3.31. The van der Waals surface area contributed by atoms with Gasteiger partial charge < -0.3 is 0 Å². The van der Waals surface area contributed by atoms with Gasteiger partial charge >= 0.3 is 0 Å². The van der Waals surface area contributed by atoms with E-state index < -0.39 is 0 Å². The van der Waals surface area contributed by atoms with Crippen molar-refractivity contribution < 1.29 is 0 Å². The van der Waals surface area contributed by atoms with E-state index in [9.17, 15) is 0 Å². The summed E-state index contributed by atoms with van der Waals surface area (Å²) in [4.78, 5) is 2.19. The molecule has 88 valence electrons. The van der Waals surface area contributed by atoms with Crippen LogP contribution < -0.4 is 11.3 Å². The molecule has 0 heterocycles. The minimum atomic E-state index is 0.741. The van der Waals surface area contributed by atoms with Gasteiger partial charge in [-0.2, -0.15) is 0 Å². The maximum atomic E-state index is 5.28. The third-order valence-corrected chi connectivity index (χ3v) is 3.31. The molecule has 0 aliphatic heterocycles. The van der Waals surface area contributed by atoms with Gasteiger partial charge in [0.2, 0.25) is 0 Å². The highest BCUT2D eigenvalue weighted by Crippen LogP contribution is 2.22. The number of rotatable bonds is 5. The fourth-order valence-corrected chi connectivity index (χ4v) is 2.34. The average Bonchev–Trinajstić information content (AvgIpc) is 2.74. The van der Waals surface area contributed by atoms with Crippen molar-refractivity contribution in [3.05, 3.63) is 34.9 Å². The van der Waals surface area contributed by atoms with Crippen LogP contribution in [0, 0.1) is 0 Å². The van der Waals surface area contributed by atoms with Crippen molar-refractivity contribution in [1.29, 1.82) is 0 Å². The number of nitrogens with two attached hydrogens (primary N) is 1. The van der Waals surface area contributed by atoms with Crippen LogP contribution in [0.25, 0.3) is 0 Å². The molecule has 3 heteroatoms.